The van der Waals surface area contributed by atoms with Gasteiger partial charge in [0.1, 0.15) is 11.9 Å². The molecule has 2 heterocycles. The summed E-state index contributed by atoms with van der Waals surface area (Å²) in [6, 6.07) is 12.4. The average molecular weight is 366 g/mol. The molecule has 2 N–H and O–H groups in total. The van der Waals surface area contributed by atoms with E-state index >= 15 is 0 Å². The number of fused-ring (bicyclic) bond motifs is 1. The van der Waals surface area contributed by atoms with Crippen LogP contribution in [0, 0.1) is 0 Å². The van der Waals surface area contributed by atoms with Gasteiger partial charge >= 0.3 is 0 Å². The van der Waals surface area contributed by atoms with E-state index in [-0.39, 0.29) is 5.91 Å². The number of nitrogens with one attached hydrogen (secondary N) is 2. The topological polar surface area (TPSA) is 75.6 Å². The summed E-state index contributed by atoms with van der Waals surface area (Å²) in [5.74, 6) is 0.549. The van der Waals surface area contributed by atoms with E-state index < -0.39 is 6.04 Å². The van der Waals surface area contributed by atoms with Gasteiger partial charge < -0.3 is 14.9 Å². The van der Waals surface area contributed by atoms with Gasteiger partial charge in [0, 0.05) is 30.0 Å². The highest BCUT2D eigenvalue weighted by atomic mass is 35.5. The van der Waals surface area contributed by atoms with Crippen LogP contribution in [-0.4, -0.2) is 25.4 Å². The Morgan fingerprint density at radius 3 is 2.73 bits per heavy atom. The van der Waals surface area contributed by atoms with Crippen LogP contribution in [0.1, 0.15) is 27.8 Å². The van der Waals surface area contributed by atoms with E-state index in [4.69, 9.17) is 11.6 Å². The largest absolute Gasteiger partial charge is 0.345 e. The number of hydrogen-bond acceptors (Lipinski definition) is 3. The Morgan fingerprint density at radius 1 is 1.19 bits per heavy atom. The molecule has 0 spiro atoms. The predicted octanol–water partition coefficient (Wildman–Crippen LogP) is 3.47. The van der Waals surface area contributed by atoms with Gasteiger partial charge in [-0.25, -0.2) is 9.97 Å². The van der Waals surface area contributed by atoms with Crippen LogP contribution < -0.4 is 5.32 Å². The maximum absolute atomic E-state index is 12.9. The van der Waals surface area contributed by atoms with E-state index in [1.807, 2.05) is 36.0 Å². The van der Waals surface area contributed by atoms with Crippen molar-refractivity contribution in [2.75, 3.05) is 0 Å². The van der Waals surface area contributed by atoms with Crippen molar-refractivity contribution in [2.24, 2.45) is 7.05 Å². The molecule has 6 nitrogen and oxygen atoms in total. The highest BCUT2D eigenvalue weighted by Gasteiger charge is 2.21. The summed E-state index contributed by atoms with van der Waals surface area (Å²) < 4.78 is 1.89. The number of rotatable bonds is 4. The van der Waals surface area contributed by atoms with Crippen molar-refractivity contribution >= 4 is 28.5 Å². The Balaban J connectivity index is 1.68. The Bertz CT molecular complexity index is 1070. The van der Waals surface area contributed by atoms with Crippen LogP contribution in [0.3, 0.4) is 0 Å². The molecule has 0 bridgehead atoms. The Kier molecular flexibility index (Phi) is 4.18. The van der Waals surface area contributed by atoms with Crippen LogP contribution in [0.4, 0.5) is 0 Å². The van der Waals surface area contributed by atoms with Crippen molar-refractivity contribution in [1.82, 2.24) is 24.8 Å². The van der Waals surface area contributed by atoms with Gasteiger partial charge in [0.05, 0.1) is 17.4 Å². The van der Waals surface area contributed by atoms with Crippen LogP contribution >= 0.6 is 11.6 Å². The second kappa shape index (κ2) is 6.65. The van der Waals surface area contributed by atoms with Crippen molar-refractivity contribution in [3.63, 3.8) is 0 Å². The maximum atomic E-state index is 12.9. The fourth-order valence-corrected chi connectivity index (χ4v) is 3.02. The van der Waals surface area contributed by atoms with Gasteiger partial charge in [-0.15, -0.1) is 0 Å². The fraction of sp³-hybridized carbons (Fsp3) is 0.105. The molecule has 4 rings (SSSR count). The molecule has 0 saturated carbocycles. The first-order valence-corrected chi connectivity index (χ1v) is 8.46. The van der Waals surface area contributed by atoms with Gasteiger partial charge in [0.15, 0.2) is 0 Å². The molecule has 2 aromatic heterocycles. The number of aryl methyl sites for hydroxylation is 1. The van der Waals surface area contributed by atoms with Crippen molar-refractivity contribution in [1.29, 1.82) is 0 Å². The molecule has 1 atom stereocenters. The number of carbonyl (C=O) groups is 1. The van der Waals surface area contributed by atoms with E-state index in [1.165, 1.54) is 0 Å². The Hall–Kier alpha value is -3.12. The molecule has 0 unspecified atom stereocenters. The molecular formula is C19H16ClN5O. The van der Waals surface area contributed by atoms with Gasteiger partial charge in [0.25, 0.3) is 5.91 Å². The highest BCUT2D eigenvalue weighted by Crippen LogP contribution is 2.23. The van der Waals surface area contributed by atoms with Crippen LogP contribution in [-0.2, 0) is 7.05 Å². The third kappa shape index (κ3) is 3.07. The molecular weight excluding hydrogens is 350 g/mol. The zero-order chi connectivity index (χ0) is 18.1. The minimum atomic E-state index is -0.391. The number of carbonyl (C=O) groups excluding carboxylic acids is 1. The number of hydrogen-bond donors (Lipinski definition) is 2. The first-order chi connectivity index (χ1) is 12.6. The smallest absolute Gasteiger partial charge is 0.252 e. The predicted molar refractivity (Wildman–Crippen MR) is 100 cm³/mol. The Labute approximate surface area is 154 Å². The molecule has 4 aromatic rings. The molecule has 2 aromatic carbocycles. The zero-order valence-corrected chi connectivity index (χ0v) is 14.7. The number of aromatic amines is 1. The van der Waals surface area contributed by atoms with Gasteiger partial charge in [-0.3, -0.25) is 4.79 Å². The average Bonchev–Trinajstić information content (AvgIpc) is 3.28. The quantitative estimate of drug-likeness (QED) is 0.581. The minimum Gasteiger partial charge on any atom is -0.345 e. The van der Waals surface area contributed by atoms with Crippen molar-refractivity contribution in [3.05, 3.63) is 83.2 Å². The summed E-state index contributed by atoms with van der Waals surface area (Å²) in [4.78, 5) is 24.5. The third-order valence-electron chi connectivity index (χ3n) is 4.28. The normalized spacial score (nSPS) is 12.2. The fourth-order valence-electron chi connectivity index (χ4n) is 2.90. The van der Waals surface area contributed by atoms with Crippen LogP contribution in [0.2, 0.25) is 5.02 Å². The van der Waals surface area contributed by atoms with Crippen LogP contribution in [0.15, 0.2) is 61.2 Å². The lowest BCUT2D eigenvalue weighted by Gasteiger charge is -2.19. The highest BCUT2D eigenvalue weighted by molar-refractivity contribution is 6.30. The van der Waals surface area contributed by atoms with Crippen molar-refractivity contribution < 1.29 is 4.79 Å². The lowest BCUT2D eigenvalue weighted by atomic mass is 10.1. The molecule has 0 radical (unpaired) electrons. The molecule has 26 heavy (non-hydrogen) atoms. The van der Waals surface area contributed by atoms with E-state index in [1.54, 1.807) is 36.8 Å². The van der Waals surface area contributed by atoms with E-state index in [0.29, 0.717) is 10.6 Å². The standard InChI is InChI=1S/C19H16ClN5O/c1-25-9-8-21-18(25)17(12-2-5-14(20)6-3-12)24-19(26)13-4-7-15-16(10-13)23-11-22-15/h2-11,17H,1H3,(H,22,23)(H,24,26)/t17-/m0/s1. The van der Waals surface area contributed by atoms with E-state index in [0.717, 1.165) is 22.4 Å². The zero-order valence-electron chi connectivity index (χ0n) is 14.0. The summed E-state index contributed by atoms with van der Waals surface area (Å²) >= 11 is 6.00. The second-order valence-corrected chi connectivity index (χ2v) is 6.43. The summed E-state index contributed by atoms with van der Waals surface area (Å²) in [6.07, 6.45) is 5.17. The van der Waals surface area contributed by atoms with Crippen LogP contribution in [0.5, 0.6) is 0 Å². The lowest BCUT2D eigenvalue weighted by molar-refractivity contribution is 0.0941. The molecule has 0 aliphatic rings. The summed E-state index contributed by atoms with van der Waals surface area (Å²) in [5, 5.41) is 3.71. The number of aromatic nitrogens is 4. The van der Waals surface area contributed by atoms with Gasteiger partial charge in [0.2, 0.25) is 0 Å². The third-order valence-corrected chi connectivity index (χ3v) is 4.53. The minimum absolute atomic E-state index is 0.190. The first-order valence-electron chi connectivity index (χ1n) is 8.08. The number of halogens is 1. The van der Waals surface area contributed by atoms with E-state index in [2.05, 4.69) is 20.3 Å². The van der Waals surface area contributed by atoms with Crippen molar-refractivity contribution in [3.8, 4) is 0 Å². The van der Waals surface area contributed by atoms with Gasteiger partial charge in [-0.1, -0.05) is 23.7 Å². The monoisotopic (exact) mass is 365 g/mol. The van der Waals surface area contributed by atoms with Crippen LogP contribution in [0.25, 0.3) is 11.0 Å². The second-order valence-electron chi connectivity index (χ2n) is 5.99. The van der Waals surface area contributed by atoms with Gasteiger partial charge in [-0.05, 0) is 35.9 Å². The number of benzene rings is 2. The maximum Gasteiger partial charge on any atom is 0.252 e. The number of amides is 1. The summed E-state index contributed by atoms with van der Waals surface area (Å²) in [5.41, 5.74) is 3.09. The number of imidazole rings is 2. The van der Waals surface area contributed by atoms with E-state index in [9.17, 15) is 4.79 Å². The number of nitrogens with zero attached hydrogens (tertiary/aromatic N) is 3. The summed E-state index contributed by atoms with van der Waals surface area (Å²) in [7, 11) is 1.90. The van der Waals surface area contributed by atoms with Crippen molar-refractivity contribution in [2.45, 2.75) is 6.04 Å². The lowest BCUT2D eigenvalue weighted by Crippen LogP contribution is -2.31. The van der Waals surface area contributed by atoms with Gasteiger partial charge in [-0.2, -0.15) is 0 Å². The molecule has 7 heteroatoms. The number of H-pyrrole nitrogens is 1. The Morgan fingerprint density at radius 2 is 2.00 bits per heavy atom. The molecule has 0 aliphatic heterocycles. The first kappa shape index (κ1) is 16.4. The summed E-state index contributed by atoms with van der Waals surface area (Å²) in [6.45, 7) is 0. The molecule has 0 fully saturated rings. The molecule has 130 valence electrons. The SMILES string of the molecule is Cn1ccnc1[C@@H](NC(=O)c1ccc2nc[nH]c2c1)c1ccc(Cl)cc1. The molecule has 0 saturated heterocycles. The molecule has 0 aliphatic carbocycles. The molecule has 1 amide bonds.